The number of hydrogen-bond acceptors (Lipinski definition) is 3. The quantitative estimate of drug-likeness (QED) is 0.590. The predicted octanol–water partition coefficient (Wildman–Crippen LogP) is 5.90. The zero-order chi connectivity index (χ0) is 21.6. The summed E-state index contributed by atoms with van der Waals surface area (Å²) in [6.45, 7) is 7.28. The fourth-order valence-corrected chi connectivity index (χ4v) is 2.96. The number of carbonyl (C=O) groups is 1. The molecule has 0 saturated carbocycles. The van der Waals surface area contributed by atoms with Crippen molar-refractivity contribution >= 4 is 11.6 Å². The Morgan fingerprint density at radius 2 is 1.79 bits per heavy atom. The second-order valence-corrected chi connectivity index (χ2v) is 6.53. The summed E-state index contributed by atoms with van der Waals surface area (Å²) in [7, 11) is 0. The van der Waals surface area contributed by atoms with E-state index in [-0.39, 0.29) is 24.7 Å². The van der Waals surface area contributed by atoms with Gasteiger partial charge in [-0.25, -0.2) is 0 Å². The SMILES string of the molecule is CCOc1cccc(NC(=O)CC)c1COc1cc(C)c(CC)cc1C(F)(F)F. The lowest BCUT2D eigenvalue weighted by Gasteiger charge is -2.19. The van der Waals surface area contributed by atoms with E-state index in [4.69, 9.17) is 9.47 Å². The largest absolute Gasteiger partial charge is 0.493 e. The fourth-order valence-electron chi connectivity index (χ4n) is 2.96. The summed E-state index contributed by atoms with van der Waals surface area (Å²) < 4.78 is 51.9. The standard InChI is InChI=1S/C22H26F3NO3/c1-5-15-12-17(22(23,24)25)20(11-14(15)4)29-13-16-18(26-21(27)6-2)9-8-10-19(16)28-7-3/h8-12H,5-7,13H2,1-4H3,(H,26,27). The second kappa shape index (κ2) is 9.67. The van der Waals surface area contributed by atoms with Crippen LogP contribution in [0.5, 0.6) is 11.5 Å². The van der Waals surface area contributed by atoms with E-state index in [9.17, 15) is 18.0 Å². The highest BCUT2D eigenvalue weighted by Gasteiger charge is 2.35. The van der Waals surface area contributed by atoms with Gasteiger partial charge in [-0.15, -0.1) is 0 Å². The van der Waals surface area contributed by atoms with Gasteiger partial charge in [-0.2, -0.15) is 13.2 Å². The molecule has 0 aliphatic carbocycles. The van der Waals surface area contributed by atoms with Crippen molar-refractivity contribution in [2.75, 3.05) is 11.9 Å². The van der Waals surface area contributed by atoms with Crippen LogP contribution in [-0.4, -0.2) is 12.5 Å². The van der Waals surface area contributed by atoms with E-state index in [1.165, 1.54) is 6.07 Å². The maximum absolute atomic E-state index is 13.6. The first-order chi connectivity index (χ1) is 13.7. The lowest BCUT2D eigenvalue weighted by Crippen LogP contribution is -2.14. The van der Waals surface area contributed by atoms with Gasteiger partial charge in [-0.05, 0) is 55.7 Å². The summed E-state index contributed by atoms with van der Waals surface area (Å²) >= 11 is 0. The maximum atomic E-state index is 13.6. The summed E-state index contributed by atoms with van der Waals surface area (Å²) in [4.78, 5) is 11.8. The number of anilines is 1. The van der Waals surface area contributed by atoms with Gasteiger partial charge in [0.15, 0.2) is 0 Å². The van der Waals surface area contributed by atoms with Crippen molar-refractivity contribution in [3.8, 4) is 11.5 Å². The van der Waals surface area contributed by atoms with Gasteiger partial charge >= 0.3 is 6.18 Å². The third kappa shape index (κ3) is 5.65. The molecule has 0 bridgehead atoms. The third-order valence-corrected chi connectivity index (χ3v) is 4.52. The summed E-state index contributed by atoms with van der Waals surface area (Å²) in [5, 5.41) is 2.75. The Morgan fingerprint density at radius 1 is 1.07 bits per heavy atom. The van der Waals surface area contributed by atoms with Crippen molar-refractivity contribution in [2.45, 2.75) is 53.3 Å². The lowest BCUT2D eigenvalue weighted by atomic mass is 10.0. The van der Waals surface area contributed by atoms with Crippen LogP contribution in [0.25, 0.3) is 0 Å². The number of rotatable bonds is 8. The Labute approximate surface area is 169 Å². The predicted molar refractivity (Wildman–Crippen MR) is 106 cm³/mol. The first kappa shape index (κ1) is 22.6. The minimum atomic E-state index is -4.54. The van der Waals surface area contributed by atoms with Crippen LogP contribution in [0.2, 0.25) is 0 Å². The highest BCUT2D eigenvalue weighted by molar-refractivity contribution is 5.91. The van der Waals surface area contributed by atoms with Gasteiger partial charge in [0.2, 0.25) is 5.91 Å². The molecule has 2 aromatic carbocycles. The Bertz CT molecular complexity index is 863. The van der Waals surface area contributed by atoms with E-state index in [0.29, 0.717) is 35.6 Å². The number of aryl methyl sites for hydroxylation is 2. The molecule has 0 aromatic heterocycles. The molecular formula is C22H26F3NO3. The highest BCUT2D eigenvalue weighted by atomic mass is 19.4. The fraction of sp³-hybridized carbons (Fsp3) is 0.409. The Kier molecular flexibility index (Phi) is 7.53. The van der Waals surface area contributed by atoms with E-state index in [1.54, 1.807) is 39.0 Å². The van der Waals surface area contributed by atoms with Crippen molar-refractivity contribution in [3.05, 3.63) is 52.6 Å². The van der Waals surface area contributed by atoms with E-state index in [1.807, 2.05) is 6.92 Å². The van der Waals surface area contributed by atoms with E-state index in [2.05, 4.69) is 5.32 Å². The smallest absolute Gasteiger partial charge is 0.419 e. The third-order valence-electron chi connectivity index (χ3n) is 4.52. The molecule has 1 N–H and O–H groups in total. The molecule has 0 aliphatic rings. The van der Waals surface area contributed by atoms with Crippen LogP contribution in [0.1, 0.15) is 49.4 Å². The molecule has 4 nitrogen and oxygen atoms in total. The molecule has 2 aromatic rings. The molecule has 0 saturated heterocycles. The van der Waals surface area contributed by atoms with Crippen molar-refractivity contribution in [1.82, 2.24) is 0 Å². The van der Waals surface area contributed by atoms with Gasteiger partial charge in [-0.1, -0.05) is 19.9 Å². The average Bonchev–Trinajstić information content (AvgIpc) is 2.66. The number of hydrogen-bond donors (Lipinski definition) is 1. The molecule has 0 aliphatic heterocycles. The molecule has 0 unspecified atom stereocenters. The molecule has 0 spiro atoms. The molecule has 158 valence electrons. The Hall–Kier alpha value is -2.70. The molecule has 0 heterocycles. The zero-order valence-electron chi connectivity index (χ0n) is 17.1. The molecule has 2 rings (SSSR count). The number of benzene rings is 2. The number of alkyl halides is 3. The van der Waals surface area contributed by atoms with Gasteiger partial charge in [0.05, 0.1) is 23.4 Å². The summed E-state index contributed by atoms with van der Waals surface area (Å²) in [6, 6.07) is 7.63. The lowest BCUT2D eigenvalue weighted by molar-refractivity contribution is -0.139. The number of carbonyl (C=O) groups excluding carboxylic acids is 1. The van der Waals surface area contributed by atoms with Crippen LogP contribution in [0.4, 0.5) is 18.9 Å². The van der Waals surface area contributed by atoms with Crippen molar-refractivity contribution in [3.63, 3.8) is 0 Å². The van der Waals surface area contributed by atoms with E-state index < -0.39 is 11.7 Å². The highest BCUT2D eigenvalue weighted by Crippen LogP contribution is 2.39. The topological polar surface area (TPSA) is 47.6 Å². The monoisotopic (exact) mass is 409 g/mol. The molecule has 7 heteroatoms. The van der Waals surface area contributed by atoms with Crippen molar-refractivity contribution in [1.29, 1.82) is 0 Å². The van der Waals surface area contributed by atoms with Gasteiger partial charge < -0.3 is 14.8 Å². The normalized spacial score (nSPS) is 11.3. The molecule has 29 heavy (non-hydrogen) atoms. The number of amides is 1. The van der Waals surface area contributed by atoms with Crippen LogP contribution in [0.15, 0.2) is 30.3 Å². The molecular weight excluding hydrogens is 383 g/mol. The molecule has 0 atom stereocenters. The first-order valence-electron chi connectivity index (χ1n) is 9.59. The molecule has 0 fully saturated rings. The van der Waals surface area contributed by atoms with Gasteiger partial charge in [0, 0.05) is 6.42 Å². The summed E-state index contributed by atoms with van der Waals surface area (Å²) in [5.74, 6) is 0.00199. The van der Waals surface area contributed by atoms with Crippen LogP contribution in [0, 0.1) is 6.92 Å². The Morgan fingerprint density at radius 3 is 2.38 bits per heavy atom. The zero-order valence-corrected chi connectivity index (χ0v) is 17.1. The number of ether oxygens (including phenoxy) is 2. The van der Waals surface area contributed by atoms with E-state index in [0.717, 1.165) is 11.6 Å². The van der Waals surface area contributed by atoms with Crippen LogP contribution < -0.4 is 14.8 Å². The van der Waals surface area contributed by atoms with Gasteiger partial charge in [0.25, 0.3) is 0 Å². The van der Waals surface area contributed by atoms with Crippen molar-refractivity contribution < 1.29 is 27.4 Å². The van der Waals surface area contributed by atoms with Crippen LogP contribution in [-0.2, 0) is 24.0 Å². The maximum Gasteiger partial charge on any atom is 0.419 e. The second-order valence-electron chi connectivity index (χ2n) is 6.53. The first-order valence-corrected chi connectivity index (χ1v) is 9.59. The number of halogens is 3. The van der Waals surface area contributed by atoms with Crippen LogP contribution in [0.3, 0.4) is 0 Å². The average molecular weight is 409 g/mol. The molecule has 1 amide bonds. The van der Waals surface area contributed by atoms with Gasteiger partial charge in [-0.3, -0.25) is 4.79 Å². The van der Waals surface area contributed by atoms with Crippen molar-refractivity contribution in [2.24, 2.45) is 0 Å². The van der Waals surface area contributed by atoms with Crippen LogP contribution >= 0.6 is 0 Å². The minimum absolute atomic E-state index is 0.177. The minimum Gasteiger partial charge on any atom is -0.493 e. The molecule has 0 radical (unpaired) electrons. The summed E-state index contributed by atoms with van der Waals surface area (Å²) in [6.07, 6.45) is -3.77. The van der Waals surface area contributed by atoms with Gasteiger partial charge in [0.1, 0.15) is 18.1 Å². The summed E-state index contributed by atoms with van der Waals surface area (Å²) in [5.41, 5.74) is 1.48. The van der Waals surface area contributed by atoms with E-state index >= 15 is 0 Å². The number of nitrogens with one attached hydrogen (secondary N) is 1. The Balaban J connectivity index is 2.42.